The molecule has 0 bridgehead atoms. The minimum Gasteiger partial charge on any atom is -0.478 e. The molecule has 2 aliphatic rings. The Morgan fingerprint density at radius 2 is 0.783 bits per heavy atom. The van der Waals surface area contributed by atoms with E-state index in [-0.39, 0.29) is 45.1 Å². The lowest BCUT2D eigenvalue weighted by Gasteiger charge is -2.30. The van der Waals surface area contributed by atoms with Crippen molar-refractivity contribution in [3.63, 3.8) is 0 Å². The first-order valence-corrected chi connectivity index (χ1v) is 16.1. The molecule has 0 heterocycles. The van der Waals surface area contributed by atoms with Gasteiger partial charge in [0.15, 0.2) is 0 Å². The molecule has 0 aliphatic heterocycles. The number of carbonyl (C=O) groups is 4. The van der Waals surface area contributed by atoms with Crippen molar-refractivity contribution < 1.29 is 29.4 Å². The number of hydrogen-bond donors (Lipinski definition) is 4. The van der Waals surface area contributed by atoms with Gasteiger partial charge in [-0.2, -0.15) is 0 Å². The van der Waals surface area contributed by atoms with Crippen molar-refractivity contribution in [3.8, 4) is 0 Å². The highest BCUT2D eigenvalue weighted by atomic mass is 16.4. The maximum Gasteiger partial charge on any atom is 0.336 e. The van der Waals surface area contributed by atoms with Gasteiger partial charge < -0.3 is 20.8 Å². The van der Waals surface area contributed by atoms with Crippen molar-refractivity contribution in [2.24, 2.45) is 0 Å². The van der Waals surface area contributed by atoms with Crippen LogP contribution < -0.4 is 10.6 Å². The van der Waals surface area contributed by atoms with Gasteiger partial charge in [-0.3, -0.25) is 9.59 Å². The van der Waals surface area contributed by atoms with Gasteiger partial charge in [0, 0.05) is 34.0 Å². The predicted molar refractivity (Wildman–Crippen MR) is 176 cm³/mol. The first-order chi connectivity index (χ1) is 22.3. The fourth-order valence-electron chi connectivity index (χ4n) is 7.35. The maximum absolute atomic E-state index is 13.7. The number of benzene rings is 4. The maximum atomic E-state index is 13.7. The number of carboxylic acids is 2. The second-order valence-electron chi connectivity index (χ2n) is 12.5. The van der Waals surface area contributed by atoms with Crippen LogP contribution in [0.3, 0.4) is 0 Å². The number of carbonyl (C=O) groups excluding carboxylic acids is 2. The fourth-order valence-corrected chi connectivity index (χ4v) is 7.35. The fraction of sp³-hybridized carbons (Fsp3) is 0.316. The van der Waals surface area contributed by atoms with Gasteiger partial charge >= 0.3 is 11.9 Å². The molecule has 0 spiro atoms. The zero-order valence-electron chi connectivity index (χ0n) is 25.6. The molecule has 8 heteroatoms. The molecule has 4 N–H and O–H groups in total. The predicted octanol–water partition coefficient (Wildman–Crippen LogP) is 7.15. The van der Waals surface area contributed by atoms with E-state index in [1.165, 1.54) is 35.4 Å². The van der Waals surface area contributed by atoms with E-state index in [1.54, 1.807) is 0 Å². The lowest BCUT2D eigenvalue weighted by molar-refractivity contribution is 0.0684. The van der Waals surface area contributed by atoms with Gasteiger partial charge in [-0.05, 0) is 98.6 Å². The van der Waals surface area contributed by atoms with Crippen LogP contribution in [0.1, 0.15) is 116 Å². The molecular weight excluding hydrogens is 580 g/mol. The standard InChI is InChI=1S/C38H38N2O6/c41-35(39-27-15-11-25(12-16-27)23-7-3-1-4-8-23)29-19-20-30(34-32(38(45)46)22-21-31(33(29)34)37(43)44)36(42)40-28-17-13-26(14-18-28)24-9-5-2-6-10-24/h1-10,19-22,25-28H,11-18H2,(H,39,41)(H,40,42)(H,43,44)(H,45,46). The van der Waals surface area contributed by atoms with Crippen LogP contribution in [0.5, 0.6) is 0 Å². The van der Waals surface area contributed by atoms with Gasteiger partial charge in [-0.25, -0.2) is 9.59 Å². The molecule has 0 unspecified atom stereocenters. The molecule has 2 amide bonds. The van der Waals surface area contributed by atoms with E-state index in [2.05, 4.69) is 34.9 Å². The smallest absolute Gasteiger partial charge is 0.336 e. The first-order valence-electron chi connectivity index (χ1n) is 16.1. The Labute approximate surface area is 267 Å². The zero-order chi connectivity index (χ0) is 32.2. The van der Waals surface area contributed by atoms with Crippen LogP contribution in [-0.2, 0) is 0 Å². The number of amides is 2. The number of fused-ring (bicyclic) bond motifs is 1. The van der Waals surface area contributed by atoms with Gasteiger partial charge in [0.25, 0.3) is 11.8 Å². The van der Waals surface area contributed by atoms with Gasteiger partial charge in [0.05, 0.1) is 11.1 Å². The van der Waals surface area contributed by atoms with Crippen LogP contribution in [0.15, 0.2) is 84.9 Å². The lowest BCUT2D eigenvalue weighted by Crippen LogP contribution is -2.38. The topological polar surface area (TPSA) is 133 Å². The van der Waals surface area contributed by atoms with Crippen LogP contribution in [0, 0.1) is 0 Å². The van der Waals surface area contributed by atoms with Crippen LogP contribution >= 0.6 is 0 Å². The summed E-state index contributed by atoms with van der Waals surface area (Å²) in [6.07, 6.45) is 6.70. The molecule has 0 saturated heterocycles. The highest BCUT2D eigenvalue weighted by Gasteiger charge is 2.30. The number of hydrogen-bond acceptors (Lipinski definition) is 4. The number of rotatable bonds is 8. The molecular formula is C38H38N2O6. The van der Waals surface area contributed by atoms with Crippen molar-refractivity contribution >= 4 is 34.5 Å². The van der Waals surface area contributed by atoms with Crippen molar-refractivity contribution in [2.75, 3.05) is 0 Å². The summed E-state index contributed by atoms with van der Waals surface area (Å²) in [6, 6.07) is 25.7. The quantitative estimate of drug-likeness (QED) is 0.166. The molecule has 8 nitrogen and oxygen atoms in total. The van der Waals surface area contributed by atoms with Gasteiger partial charge in [0.2, 0.25) is 0 Å². The van der Waals surface area contributed by atoms with Gasteiger partial charge in [-0.1, -0.05) is 60.7 Å². The monoisotopic (exact) mass is 618 g/mol. The third-order valence-corrected chi connectivity index (χ3v) is 9.78. The summed E-state index contributed by atoms with van der Waals surface area (Å²) < 4.78 is 0. The molecule has 2 saturated carbocycles. The Hall–Kier alpha value is -4.98. The number of nitrogens with one attached hydrogen (secondary N) is 2. The Morgan fingerprint density at radius 3 is 1.11 bits per heavy atom. The van der Waals surface area contributed by atoms with E-state index in [0.717, 1.165) is 51.4 Å². The van der Waals surface area contributed by atoms with Crippen LogP contribution in [0.25, 0.3) is 10.8 Å². The Kier molecular flexibility index (Phi) is 9.15. The third kappa shape index (κ3) is 6.52. The second-order valence-corrected chi connectivity index (χ2v) is 12.5. The summed E-state index contributed by atoms with van der Waals surface area (Å²) in [5.74, 6) is -2.75. The molecule has 6 rings (SSSR count). The number of carboxylic acid groups (broad SMARTS) is 2. The average Bonchev–Trinajstić information content (AvgIpc) is 3.08. The van der Waals surface area contributed by atoms with Crippen LogP contribution in [0.4, 0.5) is 0 Å². The SMILES string of the molecule is O=C(O)c1ccc(C(=O)O)c2c(C(=O)NC3CCC(c4ccccc4)CC3)ccc(C(=O)NC3CCC(c4ccccc4)CC3)c12. The Bertz CT molecular complexity index is 1620. The van der Waals surface area contributed by atoms with Crippen molar-refractivity contribution in [3.05, 3.63) is 118 Å². The largest absolute Gasteiger partial charge is 0.478 e. The highest BCUT2D eigenvalue weighted by molar-refractivity contribution is 6.23. The third-order valence-electron chi connectivity index (χ3n) is 9.78. The minimum absolute atomic E-state index is 0.0386. The Morgan fingerprint density at radius 1 is 0.457 bits per heavy atom. The van der Waals surface area contributed by atoms with Gasteiger partial charge in [0.1, 0.15) is 0 Å². The lowest BCUT2D eigenvalue weighted by atomic mass is 9.81. The van der Waals surface area contributed by atoms with Crippen molar-refractivity contribution in [1.82, 2.24) is 10.6 Å². The first kappa shape index (κ1) is 31.0. The summed E-state index contributed by atoms with van der Waals surface area (Å²) in [7, 11) is 0. The molecule has 0 atom stereocenters. The molecule has 4 aromatic rings. The summed E-state index contributed by atoms with van der Waals surface area (Å²) in [5.41, 5.74) is 2.19. The Balaban J connectivity index is 1.25. The molecule has 2 fully saturated rings. The molecule has 46 heavy (non-hydrogen) atoms. The van der Waals surface area contributed by atoms with E-state index in [1.807, 2.05) is 36.4 Å². The molecule has 236 valence electrons. The van der Waals surface area contributed by atoms with E-state index in [0.29, 0.717) is 11.8 Å². The summed E-state index contributed by atoms with van der Waals surface area (Å²) in [4.78, 5) is 52.3. The molecule has 0 aromatic heterocycles. The number of aromatic carboxylic acids is 2. The molecule has 4 aromatic carbocycles. The van der Waals surface area contributed by atoms with Crippen LogP contribution in [-0.4, -0.2) is 46.0 Å². The van der Waals surface area contributed by atoms with Crippen LogP contribution in [0.2, 0.25) is 0 Å². The van der Waals surface area contributed by atoms with Gasteiger partial charge in [-0.15, -0.1) is 0 Å². The van der Waals surface area contributed by atoms with Crippen molar-refractivity contribution in [1.29, 1.82) is 0 Å². The summed E-state index contributed by atoms with van der Waals surface area (Å²) in [6.45, 7) is 0. The zero-order valence-corrected chi connectivity index (χ0v) is 25.6. The van der Waals surface area contributed by atoms with E-state index in [9.17, 15) is 29.4 Å². The second kappa shape index (κ2) is 13.6. The molecule has 2 aliphatic carbocycles. The normalized spacial score (nSPS) is 21.3. The van der Waals surface area contributed by atoms with E-state index < -0.39 is 23.8 Å². The van der Waals surface area contributed by atoms with E-state index >= 15 is 0 Å². The highest BCUT2D eigenvalue weighted by Crippen LogP contribution is 2.36. The minimum atomic E-state index is -1.31. The summed E-state index contributed by atoms with van der Waals surface area (Å²) >= 11 is 0. The van der Waals surface area contributed by atoms with E-state index in [4.69, 9.17) is 0 Å². The molecule has 0 radical (unpaired) electrons. The average molecular weight is 619 g/mol. The summed E-state index contributed by atoms with van der Waals surface area (Å²) in [5, 5.41) is 26.3. The van der Waals surface area contributed by atoms with Crippen molar-refractivity contribution in [2.45, 2.75) is 75.3 Å².